The molecule has 0 unspecified atom stereocenters. The van der Waals surface area contributed by atoms with E-state index in [-0.39, 0.29) is 12.4 Å². The number of ether oxygens (including phenoxy) is 1. The van der Waals surface area contributed by atoms with Crippen LogP contribution in [0, 0.1) is 0 Å². The largest absolute Gasteiger partial charge is 0.490 e. The fourth-order valence-electron chi connectivity index (χ4n) is 1.14. The fraction of sp³-hybridized carbons (Fsp3) is 0.444. The molecule has 78 valence electrons. The normalized spacial score (nSPS) is 19.4. The molecule has 0 aromatic carbocycles. The number of hydrogen-bond donors (Lipinski definition) is 1. The molecule has 0 spiro atoms. The summed E-state index contributed by atoms with van der Waals surface area (Å²) in [5, 5.41) is 3.75. The molecule has 5 heteroatoms. The van der Waals surface area contributed by atoms with E-state index in [4.69, 9.17) is 16.3 Å². The van der Waals surface area contributed by atoms with Crippen LogP contribution in [0.1, 0.15) is 6.42 Å². The summed E-state index contributed by atoms with van der Waals surface area (Å²) in [4.78, 5) is 3.92. The number of pyridine rings is 1. The molecule has 2 heterocycles. The van der Waals surface area contributed by atoms with Crippen molar-refractivity contribution in [2.24, 2.45) is 0 Å². The zero-order chi connectivity index (χ0) is 9.10. The van der Waals surface area contributed by atoms with Crippen LogP contribution in [-0.4, -0.2) is 24.2 Å². The van der Waals surface area contributed by atoms with E-state index in [1.165, 1.54) is 6.42 Å². The van der Waals surface area contributed by atoms with Crippen LogP contribution in [0.2, 0.25) is 5.15 Å². The summed E-state index contributed by atoms with van der Waals surface area (Å²) in [7, 11) is 0. The van der Waals surface area contributed by atoms with E-state index in [1.54, 1.807) is 12.3 Å². The van der Waals surface area contributed by atoms with E-state index in [1.807, 2.05) is 6.07 Å². The van der Waals surface area contributed by atoms with Crippen molar-refractivity contribution in [2.45, 2.75) is 12.5 Å². The minimum Gasteiger partial charge on any atom is -0.490 e. The first-order chi connectivity index (χ1) is 6.34. The van der Waals surface area contributed by atoms with Crippen LogP contribution in [0.15, 0.2) is 18.3 Å². The highest BCUT2D eigenvalue weighted by molar-refractivity contribution is 6.29. The number of nitrogens with zero attached hydrogens (tertiary/aromatic N) is 1. The first kappa shape index (κ1) is 11.6. The van der Waals surface area contributed by atoms with Gasteiger partial charge in [-0.2, -0.15) is 0 Å². The Labute approximate surface area is 94.2 Å². The van der Waals surface area contributed by atoms with Crippen LogP contribution in [-0.2, 0) is 0 Å². The Morgan fingerprint density at radius 3 is 2.86 bits per heavy atom. The van der Waals surface area contributed by atoms with Gasteiger partial charge in [-0.25, -0.2) is 4.98 Å². The summed E-state index contributed by atoms with van der Waals surface area (Å²) in [6.45, 7) is 1.82. The van der Waals surface area contributed by atoms with E-state index in [0.29, 0.717) is 17.8 Å². The molecule has 0 aliphatic carbocycles. The molecule has 0 saturated carbocycles. The van der Waals surface area contributed by atoms with Gasteiger partial charge in [0.2, 0.25) is 0 Å². The molecule has 1 aliphatic heterocycles. The van der Waals surface area contributed by atoms with Crippen LogP contribution in [0.5, 0.6) is 5.75 Å². The quantitative estimate of drug-likeness (QED) is 0.812. The number of aromatic nitrogens is 1. The van der Waals surface area contributed by atoms with Gasteiger partial charge in [0.25, 0.3) is 0 Å². The van der Waals surface area contributed by atoms with Crippen molar-refractivity contribution in [1.82, 2.24) is 10.3 Å². The zero-order valence-electron chi connectivity index (χ0n) is 7.57. The third-order valence-electron chi connectivity index (χ3n) is 2.08. The third-order valence-corrected chi connectivity index (χ3v) is 2.30. The van der Waals surface area contributed by atoms with E-state index in [9.17, 15) is 0 Å². The summed E-state index contributed by atoms with van der Waals surface area (Å²) in [6, 6.07) is 4.06. The van der Waals surface area contributed by atoms with E-state index < -0.39 is 0 Å². The predicted octanol–water partition coefficient (Wildman–Crippen LogP) is 1.90. The Bertz CT molecular complexity index is 275. The third kappa shape index (κ3) is 3.01. The van der Waals surface area contributed by atoms with Gasteiger partial charge in [-0.15, -0.1) is 12.4 Å². The second kappa shape index (κ2) is 5.39. The van der Waals surface area contributed by atoms with Crippen molar-refractivity contribution >= 4 is 24.0 Å². The Hall–Kier alpha value is -0.510. The lowest BCUT2D eigenvalue weighted by Gasteiger charge is -2.27. The standard InChI is InChI=1S/C9H11ClN2O.ClH/c10-9-2-1-8(5-12-9)13-6-7-3-4-11-7;/h1-2,5,7,11H,3-4,6H2;1H/t7-;/m0./s1. The molecule has 14 heavy (non-hydrogen) atoms. The number of nitrogens with one attached hydrogen (secondary N) is 1. The first-order valence-corrected chi connectivity index (χ1v) is 4.70. The first-order valence-electron chi connectivity index (χ1n) is 4.32. The van der Waals surface area contributed by atoms with Gasteiger partial charge in [-0.3, -0.25) is 0 Å². The lowest BCUT2D eigenvalue weighted by Crippen LogP contribution is -2.46. The van der Waals surface area contributed by atoms with Crippen molar-refractivity contribution in [1.29, 1.82) is 0 Å². The minimum absolute atomic E-state index is 0. The van der Waals surface area contributed by atoms with Gasteiger partial charge in [-0.05, 0) is 25.1 Å². The second-order valence-corrected chi connectivity index (χ2v) is 3.45. The second-order valence-electron chi connectivity index (χ2n) is 3.07. The van der Waals surface area contributed by atoms with E-state index >= 15 is 0 Å². The highest BCUT2D eigenvalue weighted by Crippen LogP contribution is 2.13. The lowest BCUT2D eigenvalue weighted by molar-refractivity contribution is 0.217. The molecule has 3 nitrogen and oxygen atoms in total. The van der Waals surface area contributed by atoms with Crippen molar-refractivity contribution in [3.8, 4) is 5.75 Å². The number of rotatable bonds is 3. The van der Waals surface area contributed by atoms with Gasteiger partial charge in [-0.1, -0.05) is 11.6 Å². The molecule has 1 fully saturated rings. The van der Waals surface area contributed by atoms with Crippen molar-refractivity contribution in [2.75, 3.05) is 13.2 Å². The molecule has 0 radical (unpaired) electrons. The van der Waals surface area contributed by atoms with E-state index in [0.717, 1.165) is 12.3 Å². The number of hydrogen-bond acceptors (Lipinski definition) is 3. The predicted molar refractivity (Wildman–Crippen MR) is 58.4 cm³/mol. The fourth-order valence-corrected chi connectivity index (χ4v) is 1.25. The monoisotopic (exact) mass is 234 g/mol. The molecule has 1 aliphatic rings. The molecular weight excluding hydrogens is 223 g/mol. The highest BCUT2D eigenvalue weighted by Gasteiger charge is 2.16. The highest BCUT2D eigenvalue weighted by atomic mass is 35.5. The molecule has 1 N–H and O–H groups in total. The summed E-state index contributed by atoms with van der Waals surface area (Å²) >= 11 is 5.63. The van der Waals surface area contributed by atoms with Crippen molar-refractivity contribution < 1.29 is 4.74 Å². The van der Waals surface area contributed by atoms with Crippen LogP contribution in [0.4, 0.5) is 0 Å². The van der Waals surface area contributed by atoms with Gasteiger partial charge in [0.1, 0.15) is 17.5 Å². The lowest BCUT2D eigenvalue weighted by atomic mass is 10.1. The molecule has 1 atom stereocenters. The van der Waals surface area contributed by atoms with Crippen molar-refractivity contribution in [3.63, 3.8) is 0 Å². The molecule has 1 saturated heterocycles. The summed E-state index contributed by atoms with van der Waals surface area (Å²) in [5.74, 6) is 0.776. The molecule has 1 aromatic heterocycles. The van der Waals surface area contributed by atoms with Gasteiger partial charge in [0, 0.05) is 6.04 Å². The maximum absolute atomic E-state index is 5.63. The molecular formula is C9H12Cl2N2O. The van der Waals surface area contributed by atoms with Crippen LogP contribution in [0.25, 0.3) is 0 Å². The minimum atomic E-state index is 0. The van der Waals surface area contributed by atoms with Crippen LogP contribution in [0.3, 0.4) is 0 Å². The Morgan fingerprint density at radius 2 is 2.36 bits per heavy atom. The topological polar surface area (TPSA) is 34.1 Å². The van der Waals surface area contributed by atoms with Gasteiger partial charge in [0.05, 0.1) is 6.20 Å². The van der Waals surface area contributed by atoms with E-state index in [2.05, 4.69) is 10.3 Å². The molecule has 2 rings (SSSR count). The van der Waals surface area contributed by atoms with Crippen LogP contribution < -0.4 is 10.1 Å². The van der Waals surface area contributed by atoms with Crippen molar-refractivity contribution in [3.05, 3.63) is 23.5 Å². The van der Waals surface area contributed by atoms with Gasteiger partial charge < -0.3 is 10.1 Å². The Morgan fingerprint density at radius 1 is 1.57 bits per heavy atom. The van der Waals surface area contributed by atoms with Crippen LogP contribution >= 0.6 is 24.0 Å². The summed E-state index contributed by atoms with van der Waals surface area (Å²) in [6.07, 6.45) is 2.84. The van der Waals surface area contributed by atoms with Gasteiger partial charge in [0.15, 0.2) is 0 Å². The maximum Gasteiger partial charge on any atom is 0.137 e. The molecule has 0 bridgehead atoms. The number of halogens is 2. The molecule has 0 amide bonds. The Balaban J connectivity index is 0.000000980. The Kier molecular flexibility index (Phi) is 4.45. The summed E-state index contributed by atoms with van der Waals surface area (Å²) in [5.41, 5.74) is 0. The smallest absolute Gasteiger partial charge is 0.137 e. The average molecular weight is 235 g/mol. The maximum atomic E-state index is 5.63. The molecule has 1 aromatic rings. The zero-order valence-corrected chi connectivity index (χ0v) is 9.14. The average Bonchev–Trinajstić information content (AvgIpc) is 2.05. The summed E-state index contributed by atoms with van der Waals surface area (Å²) < 4.78 is 5.48. The van der Waals surface area contributed by atoms with Gasteiger partial charge >= 0.3 is 0 Å². The SMILES string of the molecule is Cl.Clc1ccc(OC[C@@H]2CCN2)cn1.